The number of carbonyl (C=O) groups is 1. The van der Waals surface area contributed by atoms with Gasteiger partial charge in [-0.2, -0.15) is 0 Å². The van der Waals surface area contributed by atoms with Gasteiger partial charge in [-0.1, -0.05) is 13.3 Å². The van der Waals surface area contributed by atoms with Crippen molar-refractivity contribution in [1.82, 2.24) is 10.3 Å². The summed E-state index contributed by atoms with van der Waals surface area (Å²) < 4.78 is 0. The molecule has 1 aliphatic carbocycles. The smallest absolute Gasteiger partial charge is 0.365 e. The van der Waals surface area contributed by atoms with E-state index < -0.39 is 5.97 Å². The Bertz CT molecular complexity index is 397. The van der Waals surface area contributed by atoms with Gasteiger partial charge in [-0.15, -0.1) is 11.3 Å². The number of aromatic nitrogens is 1. The number of thiazole rings is 1. The molecule has 1 aromatic heterocycles. The molecule has 0 aliphatic heterocycles. The standard InChI is InChI=1S/C13H20N2O2S/c1-2-9-3-5-10(6-4-9)14-7-11-8-18-12(15-11)13(16)17/h8-10,14H,2-7H2,1H3,(H,16,17). The lowest BCUT2D eigenvalue weighted by Gasteiger charge is -2.28. The quantitative estimate of drug-likeness (QED) is 0.862. The third kappa shape index (κ3) is 3.53. The van der Waals surface area contributed by atoms with Gasteiger partial charge < -0.3 is 10.4 Å². The Morgan fingerprint density at radius 1 is 1.50 bits per heavy atom. The van der Waals surface area contributed by atoms with Crippen LogP contribution in [-0.4, -0.2) is 22.1 Å². The van der Waals surface area contributed by atoms with Crippen LogP contribution in [0.2, 0.25) is 0 Å². The molecule has 5 heteroatoms. The number of rotatable bonds is 5. The van der Waals surface area contributed by atoms with E-state index in [9.17, 15) is 4.79 Å². The fourth-order valence-electron chi connectivity index (χ4n) is 2.51. The highest BCUT2D eigenvalue weighted by Crippen LogP contribution is 2.26. The highest BCUT2D eigenvalue weighted by Gasteiger charge is 2.19. The van der Waals surface area contributed by atoms with Crippen molar-refractivity contribution in [1.29, 1.82) is 0 Å². The van der Waals surface area contributed by atoms with E-state index in [4.69, 9.17) is 5.11 Å². The van der Waals surface area contributed by atoms with Gasteiger partial charge in [0.05, 0.1) is 5.69 Å². The molecule has 0 spiro atoms. The molecule has 1 aliphatic rings. The fraction of sp³-hybridized carbons (Fsp3) is 0.692. The highest BCUT2D eigenvalue weighted by molar-refractivity contribution is 7.11. The summed E-state index contributed by atoms with van der Waals surface area (Å²) in [4.78, 5) is 14.8. The molecule has 0 saturated heterocycles. The van der Waals surface area contributed by atoms with Crippen LogP contribution >= 0.6 is 11.3 Å². The molecule has 1 heterocycles. The van der Waals surface area contributed by atoms with E-state index >= 15 is 0 Å². The summed E-state index contributed by atoms with van der Waals surface area (Å²) in [6, 6.07) is 0.572. The summed E-state index contributed by atoms with van der Waals surface area (Å²) in [5, 5.41) is 14.3. The monoisotopic (exact) mass is 268 g/mol. The number of nitrogens with one attached hydrogen (secondary N) is 1. The van der Waals surface area contributed by atoms with Gasteiger partial charge in [-0.25, -0.2) is 9.78 Å². The fourth-order valence-corrected chi connectivity index (χ4v) is 3.16. The van der Waals surface area contributed by atoms with E-state index in [1.54, 1.807) is 0 Å². The minimum absolute atomic E-state index is 0.182. The highest BCUT2D eigenvalue weighted by atomic mass is 32.1. The van der Waals surface area contributed by atoms with Crippen LogP contribution in [0.15, 0.2) is 5.38 Å². The number of nitrogens with zero attached hydrogens (tertiary/aromatic N) is 1. The summed E-state index contributed by atoms with van der Waals surface area (Å²) in [5.41, 5.74) is 0.843. The van der Waals surface area contributed by atoms with E-state index in [1.165, 1.54) is 43.4 Å². The van der Waals surface area contributed by atoms with E-state index in [1.807, 2.05) is 5.38 Å². The molecule has 0 bridgehead atoms. The third-order valence-corrected chi connectivity index (χ3v) is 4.61. The molecular formula is C13H20N2O2S. The average Bonchev–Trinajstić information content (AvgIpc) is 2.86. The van der Waals surface area contributed by atoms with Crippen molar-refractivity contribution in [2.24, 2.45) is 5.92 Å². The van der Waals surface area contributed by atoms with Gasteiger partial charge in [0.2, 0.25) is 5.01 Å². The zero-order valence-electron chi connectivity index (χ0n) is 10.7. The van der Waals surface area contributed by atoms with Crippen molar-refractivity contribution >= 4 is 17.3 Å². The van der Waals surface area contributed by atoms with Crippen molar-refractivity contribution in [3.05, 3.63) is 16.1 Å². The minimum Gasteiger partial charge on any atom is -0.476 e. The largest absolute Gasteiger partial charge is 0.476 e. The lowest BCUT2D eigenvalue weighted by atomic mass is 9.84. The molecule has 0 radical (unpaired) electrons. The van der Waals surface area contributed by atoms with Crippen LogP contribution in [0.3, 0.4) is 0 Å². The molecule has 1 saturated carbocycles. The van der Waals surface area contributed by atoms with Gasteiger partial charge >= 0.3 is 5.97 Å². The lowest BCUT2D eigenvalue weighted by molar-refractivity contribution is 0.0696. The first-order chi connectivity index (χ1) is 8.69. The summed E-state index contributed by atoms with van der Waals surface area (Å²) in [7, 11) is 0. The van der Waals surface area contributed by atoms with Crippen LogP contribution < -0.4 is 5.32 Å². The van der Waals surface area contributed by atoms with Crippen LogP contribution in [0.1, 0.15) is 54.5 Å². The van der Waals surface area contributed by atoms with Gasteiger partial charge in [0.15, 0.2) is 0 Å². The van der Waals surface area contributed by atoms with E-state index in [0.29, 0.717) is 12.6 Å². The van der Waals surface area contributed by atoms with Crippen LogP contribution in [0.25, 0.3) is 0 Å². The predicted molar refractivity (Wildman–Crippen MR) is 72.0 cm³/mol. The topological polar surface area (TPSA) is 62.2 Å². The molecule has 1 aromatic rings. The molecule has 1 fully saturated rings. The van der Waals surface area contributed by atoms with Gasteiger partial charge in [-0.3, -0.25) is 0 Å². The Morgan fingerprint density at radius 2 is 2.22 bits per heavy atom. The Labute approximate surface area is 111 Å². The predicted octanol–water partition coefficient (Wildman–Crippen LogP) is 2.90. The van der Waals surface area contributed by atoms with Crippen LogP contribution in [0.5, 0.6) is 0 Å². The second-order valence-electron chi connectivity index (χ2n) is 4.96. The van der Waals surface area contributed by atoms with Crippen molar-refractivity contribution < 1.29 is 9.90 Å². The molecule has 0 aromatic carbocycles. The third-order valence-electron chi connectivity index (χ3n) is 3.73. The molecule has 100 valence electrons. The first-order valence-corrected chi connectivity index (χ1v) is 7.48. The number of hydrogen-bond acceptors (Lipinski definition) is 4. The van der Waals surface area contributed by atoms with E-state index in [0.717, 1.165) is 11.6 Å². The molecule has 0 atom stereocenters. The van der Waals surface area contributed by atoms with Gasteiger partial charge in [-0.05, 0) is 31.6 Å². The molecule has 2 rings (SSSR count). The first kappa shape index (κ1) is 13.5. The average molecular weight is 268 g/mol. The normalized spacial score (nSPS) is 24.1. The van der Waals surface area contributed by atoms with E-state index in [2.05, 4.69) is 17.2 Å². The summed E-state index contributed by atoms with van der Waals surface area (Å²) in [5.74, 6) is -0.0318. The van der Waals surface area contributed by atoms with E-state index in [-0.39, 0.29) is 5.01 Å². The molecule has 4 nitrogen and oxygen atoms in total. The second kappa shape index (κ2) is 6.29. The van der Waals surface area contributed by atoms with Gasteiger partial charge in [0, 0.05) is 18.0 Å². The maximum Gasteiger partial charge on any atom is 0.365 e. The Morgan fingerprint density at radius 3 is 2.78 bits per heavy atom. The van der Waals surface area contributed by atoms with Gasteiger partial charge in [0.1, 0.15) is 0 Å². The van der Waals surface area contributed by atoms with Crippen molar-refractivity contribution in [3.63, 3.8) is 0 Å². The molecule has 2 N–H and O–H groups in total. The zero-order valence-corrected chi connectivity index (χ0v) is 11.5. The molecule has 0 amide bonds. The van der Waals surface area contributed by atoms with Crippen molar-refractivity contribution in [3.8, 4) is 0 Å². The maximum absolute atomic E-state index is 10.7. The minimum atomic E-state index is -0.935. The number of hydrogen-bond donors (Lipinski definition) is 2. The Hall–Kier alpha value is -0.940. The zero-order chi connectivity index (χ0) is 13.0. The SMILES string of the molecule is CCC1CCC(NCc2csc(C(=O)O)n2)CC1. The van der Waals surface area contributed by atoms with Crippen molar-refractivity contribution in [2.75, 3.05) is 0 Å². The summed E-state index contributed by atoms with van der Waals surface area (Å²) in [6.45, 7) is 2.95. The van der Waals surface area contributed by atoms with Crippen LogP contribution in [-0.2, 0) is 6.54 Å². The lowest BCUT2D eigenvalue weighted by Crippen LogP contribution is -2.32. The second-order valence-corrected chi connectivity index (χ2v) is 5.81. The van der Waals surface area contributed by atoms with Crippen LogP contribution in [0, 0.1) is 5.92 Å². The van der Waals surface area contributed by atoms with Crippen LogP contribution in [0.4, 0.5) is 0 Å². The summed E-state index contributed by atoms with van der Waals surface area (Å²) >= 11 is 1.20. The number of carboxylic acids is 1. The molecular weight excluding hydrogens is 248 g/mol. The molecule has 18 heavy (non-hydrogen) atoms. The number of aromatic carboxylic acids is 1. The van der Waals surface area contributed by atoms with Crippen molar-refractivity contribution in [2.45, 2.75) is 51.6 Å². The van der Waals surface area contributed by atoms with Gasteiger partial charge in [0.25, 0.3) is 0 Å². The molecule has 0 unspecified atom stereocenters. The maximum atomic E-state index is 10.7. The summed E-state index contributed by atoms with van der Waals surface area (Å²) in [6.07, 6.45) is 6.38. The first-order valence-electron chi connectivity index (χ1n) is 6.60. The Kier molecular flexibility index (Phi) is 4.72. The number of carboxylic acid groups (broad SMARTS) is 1. The Balaban J connectivity index is 1.76.